The maximum Gasteiger partial charge on any atom is 0.270 e. The highest BCUT2D eigenvalue weighted by atomic mass is 32.1. The highest BCUT2D eigenvalue weighted by molar-refractivity contribution is 7.80. The molecular formula is C8H9F2NS. The molecule has 0 spiro atoms. The first kappa shape index (κ1) is 9.32. The molecule has 0 fully saturated rings. The molecule has 4 heteroatoms. The Labute approximate surface area is 75.0 Å². The molecule has 1 aromatic carbocycles. The van der Waals surface area contributed by atoms with E-state index in [-0.39, 0.29) is 11.3 Å². The van der Waals surface area contributed by atoms with Gasteiger partial charge in [0.15, 0.2) is 0 Å². The van der Waals surface area contributed by atoms with Crippen LogP contribution in [0, 0.1) is 0 Å². The highest BCUT2D eigenvalue weighted by Gasteiger charge is 2.24. The van der Waals surface area contributed by atoms with E-state index in [4.69, 9.17) is 5.73 Å². The van der Waals surface area contributed by atoms with Gasteiger partial charge in [-0.1, -0.05) is 6.07 Å². The van der Waals surface area contributed by atoms with Crippen LogP contribution in [0.1, 0.15) is 12.5 Å². The van der Waals surface area contributed by atoms with E-state index >= 15 is 0 Å². The van der Waals surface area contributed by atoms with Crippen LogP contribution >= 0.6 is 12.6 Å². The van der Waals surface area contributed by atoms with Crippen molar-refractivity contribution in [3.63, 3.8) is 0 Å². The van der Waals surface area contributed by atoms with E-state index in [2.05, 4.69) is 12.6 Å². The van der Waals surface area contributed by atoms with Crippen molar-refractivity contribution < 1.29 is 8.78 Å². The molecule has 0 radical (unpaired) electrons. The molecule has 0 saturated heterocycles. The fraction of sp³-hybridized carbons (Fsp3) is 0.250. The Kier molecular flexibility index (Phi) is 2.28. The van der Waals surface area contributed by atoms with Gasteiger partial charge < -0.3 is 5.73 Å². The molecule has 1 nitrogen and oxygen atoms in total. The summed E-state index contributed by atoms with van der Waals surface area (Å²) in [6, 6.07) is 4.02. The van der Waals surface area contributed by atoms with Crippen LogP contribution in [0.25, 0.3) is 0 Å². The fourth-order valence-corrected chi connectivity index (χ4v) is 0.967. The number of halogens is 2. The van der Waals surface area contributed by atoms with Crippen molar-refractivity contribution in [2.24, 2.45) is 0 Å². The van der Waals surface area contributed by atoms with Gasteiger partial charge >= 0.3 is 0 Å². The van der Waals surface area contributed by atoms with Crippen LogP contribution in [0.4, 0.5) is 14.5 Å². The van der Waals surface area contributed by atoms with E-state index in [0.717, 1.165) is 6.92 Å². The first-order valence-corrected chi connectivity index (χ1v) is 3.83. The quantitative estimate of drug-likeness (QED) is 0.515. The molecule has 0 saturated carbocycles. The lowest BCUT2D eigenvalue weighted by Gasteiger charge is -2.11. The Balaban J connectivity index is 3.14. The largest absolute Gasteiger partial charge is 0.398 e. The Morgan fingerprint density at radius 2 is 2.00 bits per heavy atom. The number of rotatable bonds is 1. The molecule has 0 atom stereocenters. The molecular weight excluding hydrogens is 180 g/mol. The second-order valence-corrected chi connectivity index (χ2v) is 3.14. The van der Waals surface area contributed by atoms with Gasteiger partial charge in [0.1, 0.15) is 0 Å². The second kappa shape index (κ2) is 2.94. The summed E-state index contributed by atoms with van der Waals surface area (Å²) in [5.74, 6) is -2.84. The van der Waals surface area contributed by atoms with Gasteiger partial charge in [-0.05, 0) is 12.1 Å². The van der Waals surface area contributed by atoms with Crippen LogP contribution in [0.3, 0.4) is 0 Å². The zero-order valence-corrected chi connectivity index (χ0v) is 7.41. The summed E-state index contributed by atoms with van der Waals surface area (Å²) in [6.07, 6.45) is 0. The van der Waals surface area contributed by atoms with Gasteiger partial charge in [0.25, 0.3) is 5.92 Å². The van der Waals surface area contributed by atoms with Crippen LogP contribution in [-0.4, -0.2) is 0 Å². The lowest BCUT2D eigenvalue weighted by molar-refractivity contribution is 0.0175. The van der Waals surface area contributed by atoms with Gasteiger partial charge in [-0.25, -0.2) is 8.78 Å². The van der Waals surface area contributed by atoms with Crippen LogP contribution in [0.5, 0.6) is 0 Å². The van der Waals surface area contributed by atoms with Crippen LogP contribution in [0.2, 0.25) is 0 Å². The summed E-state index contributed by atoms with van der Waals surface area (Å²) in [4.78, 5) is 0.517. The monoisotopic (exact) mass is 189 g/mol. The Morgan fingerprint density at radius 3 is 2.42 bits per heavy atom. The SMILES string of the molecule is CC(F)(F)c1ccc(S)c(N)c1. The maximum atomic E-state index is 12.7. The van der Waals surface area contributed by atoms with E-state index in [1.54, 1.807) is 0 Å². The molecule has 0 unspecified atom stereocenters. The zero-order chi connectivity index (χ0) is 9.35. The van der Waals surface area contributed by atoms with E-state index in [9.17, 15) is 8.78 Å². The Bertz CT molecular complexity index is 294. The van der Waals surface area contributed by atoms with Gasteiger partial charge in [-0.3, -0.25) is 0 Å². The van der Waals surface area contributed by atoms with Gasteiger partial charge in [0, 0.05) is 23.1 Å². The number of nitrogen functional groups attached to an aromatic ring is 1. The standard InChI is InChI=1S/C8H9F2NS/c1-8(9,10)5-2-3-7(12)6(11)4-5/h2-4,12H,11H2,1H3. The summed E-state index contributed by atoms with van der Waals surface area (Å²) >= 11 is 3.97. The Hall–Kier alpha value is -0.770. The maximum absolute atomic E-state index is 12.7. The molecule has 0 aliphatic rings. The third-order valence-electron chi connectivity index (χ3n) is 1.53. The van der Waals surface area contributed by atoms with E-state index in [1.165, 1.54) is 18.2 Å². The molecule has 0 bridgehead atoms. The minimum absolute atomic E-state index is 0.0854. The molecule has 0 aromatic heterocycles. The predicted molar refractivity (Wildman–Crippen MR) is 47.7 cm³/mol. The van der Waals surface area contributed by atoms with Crippen molar-refractivity contribution in [2.75, 3.05) is 5.73 Å². The average Bonchev–Trinajstić information content (AvgIpc) is 1.92. The third kappa shape index (κ3) is 1.88. The first-order valence-electron chi connectivity index (χ1n) is 3.38. The van der Waals surface area contributed by atoms with Gasteiger partial charge in [-0.2, -0.15) is 0 Å². The molecule has 0 heterocycles. The number of hydrogen-bond acceptors (Lipinski definition) is 2. The van der Waals surface area contributed by atoms with Gasteiger partial charge in [-0.15, -0.1) is 12.6 Å². The van der Waals surface area contributed by atoms with Gasteiger partial charge in [0.05, 0.1) is 0 Å². The predicted octanol–water partition coefficient (Wildman–Crippen LogP) is 2.67. The number of nitrogens with two attached hydrogens (primary N) is 1. The van der Waals surface area contributed by atoms with Crippen LogP contribution < -0.4 is 5.73 Å². The van der Waals surface area contributed by atoms with Crippen molar-refractivity contribution in [1.29, 1.82) is 0 Å². The molecule has 66 valence electrons. The molecule has 1 aromatic rings. The summed E-state index contributed by atoms with van der Waals surface area (Å²) in [7, 11) is 0. The lowest BCUT2D eigenvalue weighted by atomic mass is 10.1. The number of thiol groups is 1. The van der Waals surface area contributed by atoms with Crippen molar-refractivity contribution in [1.82, 2.24) is 0 Å². The van der Waals surface area contributed by atoms with Crippen molar-refractivity contribution in [3.05, 3.63) is 23.8 Å². The smallest absolute Gasteiger partial charge is 0.270 e. The highest BCUT2D eigenvalue weighted by Crippen LogP contribution is 2.30. The first-order chi connectivity index (χ1) is 5.41. The second-order valence-electron chi connectivity index (χ2n) is 2.66. The van der Waals surface area contributed by atoms with E-state index in [0.29, 0.717) is 4.90 Å². The minimum Gasteiger partial charge on any atom is -0.398 e. The number of benzene rings is 1. The topological polar surface area (TPSA) is 26.0 Å². The molecule has 0 aliphatic heterocycles. The normalized spacial score (nSPS) is 11.7. The third-order valence-corrected chi connectivity index (χ3v) is 1.94. The summed E-state index contributed by atoms with van der Waals surface area (Å²) in [5.41, 5.74) is 5.60. The zero-order valence-electron chi connectivity index (χ0n) is 6.51. The van der Waals surface area contributed by atoms with Crippen molar-refractivity contribution in [2.45, 2.75) is 17.7 Å². The number of hydrogen-bond donors (Lipinski definition) is 2. The number of alkyl halides is 2. The molecule has 0 aliphatic carbocycles. The minimum atomic E-state index is -2.84. The molecule has 2 N–H and O–H groups in total. The lowest BCUT2D eigenvalue weighted by Crippen LogP contribution is -2.07. The summed E-state index contributed by atoms with van der Waals surface area (Å²) in [6.45, 7) is 0.833. The molecule has 1 rings (SSSR count). The van der Waals surface area contributed by atoms with Gasteiger partial charge in [0.2, 0.25) is 0 Å². The van der Waals surface area contributed by atoms with E-state index < -0.39 is 5.92 Å². The number of anilines is 1. The Morgan fingerprint density at radius 1 is 1.42 bits per heavy atom. The molecule has 0 amide bonds. The van der Waals surface area contributed by atoms with E-state index in [1.807, 2.05) is 0 Å². The summed E-state index contributed by atoms with van der Waals surface area (Å²) < 4.78 is 25.4. The average molecular weight is 189 g/mol. The van der Waals surface area contributed by atoms with Crippen molar-refractivity contribution >= 4 is 18.3 Å². The van der Waals surface area contributed by atoms with Crippen molar-refractivity contribution in [3.8, 4) is 0 Å². The van der Waals surface area contributed by atoms with Crippen LogP contribution in [0.15, 0.2) is 23.1 Å². The molecule has 12 heavy (non-hydrogen) atoms. The summed E-state index contributed by atoms with van der Waals surface area (Å²) in [5, 5.41) is 0. The fourth-order valence-electron chi connectivity index (χ4n) is 0.828. The van der Waals surface area contributed by atoms with Crippen LogP contribution in [-0.2, 0) is 5.92 Å².